The topological polar surface area (TPSA) is 120 Å². The van der Waals surface area contributed by atoms with Crippen molar-refractivity contribution in [3.05, 3.63) is 61.4 Å². The van der Waals surface area contributed by atoms with Crippen molar-refractivity contribution in [2.24, 2.45) is 0 Å². The van der Waals surface area contributed by atoms with Gasteiger partial charge in [0.25, 0.3) is 11.5 Å². The van der Waals surface area contributed by atoms with E-state index < -0.39 is 50.9 Å². The average Bonchev–Trinajstić information content (AvgIpc) is 3.25. The Kier molecular flexibility index (Phi) is 6.79. The van der Waals surface area contributed by atoms with Gasteiger partial charge in [0.05, 0.1) is 34.6 Å². The number of cyclic esters (lactones) is 1. The van der Waals surface area contributed by atoms with Crippen molar-refractivity contribution in [3.63, 3.8) is 0 Å². The molecule has 2 aliphatic rings. The number of ether oxygens (including phenoxy) is 2. The van der Waals surface area contributed by atoms with Gasteiger partial charge in [0.15, 0.2) is 11.4 Å². The van der Waals surface area contributed by atoms with Crippen LogP contribution in [-0.4, -0.2) is 37.7 Å². The van der Waals surface area contributed by atoms with Crippen LogP contribution in [0, 0.1) is 11.6 Å². The highest BCUT2D eigenvalue weighted by molar-refractivity contribution is 6.31. The third-order valence-corrected chi connectivity index (χ3v) is 7.81. The van der Waals surface area contributed by atoms with Gasteiger partial charge >= 0.3 is 5.97 Å². The third kappa shape index (κ3) is 4.60. The summed E-state index contributed by atoms with van der Waals surface area (Å²) < 4.78 is 42.4. The standard InChI is InChI=1S/C29H30ClF2N3O6/c1-7-29(39)16-8-19-23-14(11-35(19)24(36)15(16)12-40-26(29)38)13(10-33-25(37)28(5,6)41-27(2,3)4)20-18(34-23)9-17(31)21(30)22(20)32/h8-9,39H,7,10-12H2,1-6H3,(H,33,37)/t29-/m0/s1. The van der Waals surface area contributed by atoms with E-state index in [0.29, 0.717) is 5.56 Å². The van der Waals surface area contributed by atoms with Crippen LogP contribution in [0.5, 0.6) is 0 Å². The van der Waals surface area contributed by atoms with Gasteiger partial charge in [-0.25, -0.2) is 18.6 Å². The van der Waals surface area contributed by atoms with Crippen LogP contribution in [0.15, 0.2) is 16.9 Å². The number of carbonyl (C=O) groups is 2. The molecule has 0 radical (unpaired) electrons. The summed E-state index contributed by atoms with van der Waals surface area (Å²) in [7, 11) is 0. The normalized spacial score (nSPS) is 18.1. The van der Waals surface area contributed by atoms with Crippen molar-refractivity contribution in [1.29, 1.82) is 0 Å². The zero-order chi connectivity index (χ0) is 30.2. The van der Waals surface area contributed by atoms with Gasteiger partial charge in [-0.3, -0.25) is 9.59 Å². The first-order valence-electron chi connectivity index (χ1n) is 13.1. The lowest BCUT2D eigenvalue weighted by molar-refractivity contribution is -0.172. The van der Waals surface area contributed by atoms with E-state index in [4.69, 9.17) is 21.1 Å². The number of amides is 1. The summed E-state index contributed by atoms with van der Waals surface area (Å²) in [4.78, 5) is 43.7. The number of fused-ring (bicyclic) bond motifs is 5. The van der Waals surface area contributed by atoms with Crippen LogP contribution in [0.4, 0.5) is 8.78 Å². The van der Waals surface area contributed by atoms with Crippen LogP contribution < -0.4 is 10.9 Å². The molecule has 4 heterocycles. The second kappa shape index (κ2) is 9.57. The van der Waals surface area contributed by atoms with Gasteiger partial charge in [-0.2, -0.15) is 0 Å². The molecule has 1 atom stereocenters. The van der Waals surface area contributed by atoms with Gasteiger partial charge < -0.3 is 24.5 Å². The van der Waals surface area contributed by atoms with Gasteiger partial charge in [0.1, 0.15) is 23.0 Å². The minimum atomic E-state index is -2.04. The molecule has 0 spiro atoms. The van der Waals surface area contributed by atoms with E-state index in [0.717, 1.165) is 6.07 Å². The minimum absolute atomic E-state index is 0.0433. The molecule has 0 saturated heterocycles. The predicted octanol–water partition coefficient (Wildman–Crippen LogP) is 4.22. The molecule has 3 aromatic rings. The maximum Gasteiger partial charge on any atom is 0.343 e. The van der Waals surface area contributed by atoms with Crippen LogP contribution >= 0.6 is 11.6 Å². The first kappa shape index (κ1) is 29.1. The molecule has 5 rings (SSSR count). The molecule has 0 bridgehead atoms. The highest BCUT2D eigenvalue weighted by Crippen LogP contribution is 2.41. The lowest BCUT2D eigenvalue weighted by atomic mass is 9.86. The number of halogens is 3. The SMILES string of the molecule is CC[C@@]1(O)C(=O)OCc2c1cc1n(c2=O)Cc2c-1nc1cc(F)c(Cl)c(F)c1c2CNC(=O)C(C)(C)OC(C)(C)C. The Balaban J connectivity index is 1.70. The Labute approximate surface area is 239 Å². The summed E-state index contributed by atoms with van der Waals surface area (Å²) in [6.07, 6.45) is -0.0433. The highest BCUT2D eigenvalue weighted by atomic mass is 35.5. The average molecular weight is 590 g/mol. The Morgan fingerprint density at radius 3 is 2.54 bits per heavy atom. The number of aliphatic hydroxyl groups is 1. The summed E-state index contributed by atoms with van der Waals surface area (Å²) in [5, 5.41) is 13.1. The van der Waals surface area contributed by atoms with Gasteiger partial charge in [-0.15, -0.1) is 0 Å². The molecule has 0 saturated carbocycles. The molecule has 0 aliphatic carbocycles. The van der Waals surface area contributed by atoms with E-state index in [9.17, 15) is 23.9 Å². The van der Waals surface area contributed by atoms with E-state index in [1.54, 1.807) is 20.8 Å². The van der Waals surface area contributed by atoms with Gasteiger partial charge in [0.2, 0.25) is 0 Å². The number of pyridine rings is 2. The number of aromatic nitrogens is 2. The number of hydrogen-bond donors (Lipinski definition) is 2. The van der Waals surface area contributed by atoms with Gasteiger partial charge in [-0.1, -0.05) is 18.5 Å². The van der Waals surface area contributed by atoms with Gasteiger partial charge in [0, 0.05) is 29.1 Å². The largest absolute Gasteiger partial charge is 0.458 e. The van der Waals surface area contributed by atoms with Crippen LogP contribution in [0.2, 0.25) is 5.02 Å². The maximum atomic E-state index is 15.5. The van der Waals surface area contributed by atoms with E-state index in [1.807, 2.05) is 20.8 Å². The number of esters is 1. The molecule has 41 heavy (non-hydrogen) atoms. The zero-order valence-corrected chi connectivity index (χ0v) is 24.3. The number of rotatable bonds is 5. The summed E-state index contributed by atoms with van der Waals surface area (Å²) in [5.74, 6) is -3.42. The molecule has 1 aromatic carbocycles. The molecule has 0 fully saturated rings. The molecule has 2 aliphatic heterocycles. The van der Waals surface area contributed by atoms with Crippen LogP contribution in [0.25, 0.3) is 22.3 Å². The minimum Gasteiger partial charge on any atom is -0.458 e. The molecule has 9 nitrogen and oxygen atoms in total. The highest BCUT2D eigenvalue weighted by Gasteiger charge is 2.45. The van der Waals surface area contributed by atoms with Crippen molar-refractivity contribution in [2.45, 2.75) is 84.5 Å². The van der Waals surface area contributed by atoms with E-state index in [-0.39, 0.29) is 65.1 Å². The zero-order valence-electron chi connectivity index (χ0n) is 23.5. The number of nitrogens with one attached hydrogen (secondary N) is 1. The first-order valence-corrected chi connectivity index (χ1v) is 13.5. The lowest BCUT2D eigenvalue weighted by Gasteiger charge is -2.32. The van der Waals surface area contributed by atoms with Crippen LogP contribution in [0.1, 0.15) is 70.2 Å². The lowest BCUT2D eigenvalue weighted by Crippen LogP contribution is -2.47. The maximum absolute atomic E-state index is 15.5. The molecular formula is C29H30ClF2N3O6. The van der Waals surface area contributed by atoms with E-state index >= 15 is 4.39 Å². The molecule has 1 amide bonds. The number of carbonyl (C=O) groups excluding carboxylic acids is 2. The van der Waals surface area contributed by atoms with Crippen LogP contribution in [-0.2, 0) is 44.4 Å². The fourth-order valence-corrected chi connectivity index (χ4v) is 5.77. The molecule has 2 N–H and O–H groups in total. The van der Waals surface area contributed by atoms with E-state index in [2.05, 4.69) is 10.3 Å². The molecular weight excluding hydrogens is 560 g/mol. The number of benzene rings is 1. The molecule has 12 heteroatoms. The molecule has 2 aromatic heterocycles. The second-order valence-electron chi connectivity index (χ2n) is 11.8. The monoisotopic (exact) mass is 589 g/mol. The van der Waals surface area contributed by atoms with Crippen molar-refractivity contribution in [1.82, 2.24) is 14.9 Å². The Bertz CT molecular complexity index is 1710. The second-order valence-corrected chi connectivity index (χ2v) is 12.2. The van der Waals surface area contributed by atoms with Crippen molar-refractivity contribution < 1.29 is 33.0 Å². The first-order chi connectivity index (χ1) is 19.0. The fourth-order valence-electron chi connectivity index (χ4n) is 5.62. The third-order valence-electron chi connectivity index (χ3n) is 7.46. The molecule has 0 unspecified atom stereocenters. The van der Waals surface area contributed by atoms with Crippen molar-refractivity contribution in [3.8, 4) is 11.4 Å². The Morgan fingerprint density at radius 1 is 1.22 bits per heavy atom. The quantitative estimate of drug-likeness (QED) is 0.264. The van der Waals surface area contributed by atoms with Crippen molar-refractivity contribution >= 4 is 34.4 Å². The Hall–Kier alpha value is -3.41. The molecule has 218 valence electrons. The summed E-state index contributed by atoms with van der Waals surface area (Å²) in [6, 6.07) is 2.48. The smallest absolute Gasteiger partial charge is 0.343 e. The van der Waals surface area contributed by atoms with Gasteiger partial charge in [-0.05, 0) is 52.7 Å². The summed E-state index contributed by atoms with van der Waals surface area (Å²) in [6.45, 7) is 9.64. The Morgan fingerprint density at radius 2 is 1.90 bits per heavy atom. The van der Waals surface area contributed by atoms with E-state index in [1.165, 1.54) is 10.6 Å². The predicted molar refractivity (Wildman–Crippen MR) is 146 cm³/mol. The van der Waals surface area contributed by atoms with Crippen molar-refractivity contribution in [2.75, 3.05) is 0 Å². The fraction of sp³-hybridized carbons (Fsp3) is 0.448. The number of hydrogen-bond acceptors (Lipinski definition) is 7. The summed E-state index contributed by atoms with van der Waals surface area (Å²) in [5.41, 5.74) is -3.15. The number of nitrogens with zero attached hydrogens (tertiary/aromatic N) is 2. The summed E-state index contributed by atoms with van der Waals surface area (Å²) >= 11 is 5.94. The van der Waals surface area contributed by atoms with Crippen LogP contribution in [0.3, 0.4) is 0 Å².